The second-order valence-corrected chi connectivity index (χ2v) is 19.4. The number of thiocarbonyl (C=S) groups is 1. The molecule has 0 bridgehead atoms. The minimum Gasteiger partial charge on any atom is -0.508 e. The van der Waals surface area contributed by atoms with Gasteiger partial charge in [0.05, 0.1) is 16.6 Å². The van der Waals surface area contributed by atoms with Crippen molar-refractivity contribution < 1.29 is 58.3 Å². The number of carboxylic acid groups (broad SMARTS) is 3. The molecule has 0 spiro atoms. The number of hydrogen-bond donors (Lipinski definition) is 9. The average molecular weight is 1090 g/mol. The lowest BCUT2D eigenvalue weighted by Crippen LogP contribution is -2.42. The Kier molecular flexibility index (Phi) is 15.2. The maximum atomic E-state index is 13.7. The molecule has 0 unspecified atom stereocenters. The third kappa shape index (κ3) is 11.8. The molecule has 9 N–H and O–H groups in total. The lowest BCUT2D eigenvalue weighted by Gasteiger charge is -2.25. The summed E-state index contributed by atoms with van der Waals surface area (Å²) >= 11 is 5.48. The van der Waals surface area contributed by atoms with Crippen molar-refractivity contribution in [3.05, 3.63) is 148 Å². The third-order valence-electron chi connectivity index (χ3n) is 13.7. The van der Waals surface area contributed by atoms with E-state index < -0.39 is 36.5 Å². The lowest BCUT2D eigenvalue weighted by atomic mass is 9.90. The van der Waals surface area contributed by atoms with E-state index in [-0.39, 0.29) is 76.8 Å². The van der Waals surface area contributed by atoms with Gasteiger partial charge in [-0.15, -0.1) is 0 Å². The Morgan fingerprint density at radius 2 is 1.54 bits per heavy atom. The molecule has 79 heavy (non-hydrogen) atoms. The summed E-state index contributed by atoms with van der Waals surface area (Å²) in [4.78, 5) is 83.1. The highest BCUT2D eigenvalue weighted by Crippen LogP contribution is 2.43. The number of ether oxygens (including phenoxy) is 2. The Balaban J connectivity index is 0.747. The van der Waals surface area contributed by atoms with Crippen LogP contribution in [0.25, 0.3) is 66.7 Å². The number of phenols is 1. The number of rotatable bonds is 19. The SMILES string of the molecule is O=C(O)COc1ccc2[nH]cc(C[C@H](NC(=O)c3ccc4c(c3)nc(-c3ccc(OCC(=O)NCCNC(=S)Nc5ccc(-c6c7ccc(=O)cc-7oc7cc(O)ccc67)c(C(=O)O)c5)cc3)n4C3CCCCC3)C(=O)O)c2c1. The molecule has 3 heterocycles. The van der Waals surface area contributed by atoms with Gasteiger partial charge in [0.2, 0.25) is 0 Å². The Morgan fingerprint density at radius 3 is 2.32 bits per heavy atom. The Labute approximate surface area is 454 Å². The van der Waals surface area contributed by atoms with Crippen LogP contribution in [0.4, 0.5) is 5.69 Å². The van der Waals surface area contributed by atoms with Crippen LogP contribution < -0.4 is 36.2 Å². The molecule has 2 aliphatic carbocycles. The number of phenolic OH excluding ortho intramolecular Hbond substituents is 1. The normalized spacial score (nSPS) is 13.0. The predicted molar refractivity (Wildman–Crippen MR) is 297 cm³/mol. The first-order chi connectivity index (χ1) is 38.1. The van der Waals surface area contributed by atoms with Gasteiger partial charge in [0, 0.05) is 88.1 Å². The molecule has 2 aromatic heterocycles. The van der Waals surface area contributed by atoms with E-state index >= 15 is 0 Å². The summed E-state index contributed by atoms with van der Waals surface area (Å²) < 4.78 is 19.3. The summed E-state index contributed by atoms with van der Waals surface area (Å²) in [6.45, 7) is -0.392. The molecule has 1 atom stereocenters. The molecule has 1 fully saturated rings. The molecular weight excluding hydrogens is 1030 g/mol. The van der Waals surface area contributed by atoms with Crippen molar-refractivity contribution in [1.29, 1.82) is 0 Å². The molecular formula is C58H51N7O13S. The van der Waals surface area contributed by atoms with Crippen LogP contribution in [0.5, 0.6) is 17.2 Å². The number of H-pyrrole nitrogens is 1. The number of fused-ring (bicyclic) bond motifs is 4. The minimum atomic E-state index is -1.30. The van der Waals surface area contributed by atoms with Crippen LogP contribution >= 0.6 is 12.2 Å². The highest BCUT2D eigenvalue weighted by atomic mass is 32.1. The molecule has 5 aromatic carbocycles. The molecule has 1 saturated carbocycles. The van der Waals surface area contributed by atoms with Crippen molar-refractivity contribution in [1.82, 2.24) is 30.5 Å². The molecule has 20 nitrogen and oxygen atoms in total. The van der Waals surface area contributed by atoms with Gasteiger partial charge >= 0.3 is 17.9 Å². The van der Waals surface area contributed by atoms with Gasteiger partial charge in [0.1, 0.15) is 40.5 Å². The first-order valence-corrected chi connectivity index (χ1v) is 25.7. The number of benzene rings is 6. The quantitative estimate of drug-likeness (QED) is 0.0209. The number of hydrogen-bond acceptors (Lipinski definition) is 12. The van der Waals surface area contributed by atoms with Gasteiger partial charge in [-0.3, -0.25) is 14.4 Å². The highest BCUT2D eigenvalue weighted by Gasteiger charge is 2.27. The zero-order valence-corrected chi connectivity index (χ0v) is 42.9. The van der Waals surface area contributed by atoms with Crippen molar-refractivity contribution in [3.8, 4) is 51.1 Å². The van der Waals surface area contributed by atoms with Crippen LogP contribution in [-0.2, 0) is 20.8 Å². The summed E-state index contributed by atoms with van der Waals surface area (Å²) in [7, 11) is 0. The molecule has 1 aliphatic heterocycles. The maximum absolute atomic E-state index is 13.7. The second-order valence-electron chi connectivity index (χ2n) is 19.0. The number of carbonyl (C=O) groups is 5. The third-order valence-corrected chi connectivity index (χ3v) is 13.9. The number of nitrogens with zero attached hydrogens (tertiary/aromatic N) is 2. The summed E-state index contributed by atoms with van der Waals surface area (Å²) in [6.07, 6.45) is 6.72. The molecule has 402 valence electrons. The van der Waals surface area contributed by atoms with E-state index in [0.29, 0.717) is 67.1 Å². The molecule has 0 saturated heterocycles. The number of aromatic hydroxyl groups is 1. The van der Waals surface area contributed by atoms with Gasteiger partial charge in [0.25, 0.3) is 11.8 Å². The summed E-state index contributed by atoms with van der Waals surface area (Å²) in [6, 6.07) is 29.6. The number of nitrogens with one attached hydrogen (secondary N) is 5. The number of aliphatic carboxylic acids is 2. The van der Waals surface area contributed by atoms with Crippen LogP contribution in [0.15, 0.2) is 131 Å². The van der Waals surface area contributed by atoms with E-state index in [4.69, 9.17) is 36.2 Å². The fraction of sp³-hybridized carbons (Fsp3) is 0.207. The standard InChI is InChI=1S/C58H51N7O13S/c66-36-10-16-41-49(25-36)78-50-26-37(67)11-17-42(50)53(41)40-15-9-34(24-44(40)56(72)73)62-58(79)60-21-20-59-51(68)29-76-38-12-6-31(7-13-38)54-63-46-22-32(8-19-48(46)65(54)35-4-2-1-3-5-35)55(71)64-47(57(74)75)23-33-28-61-45-18-14-39(27-43(33)45)77-30-52(69)70/h6-19,22,24-28,35,47,61,66H,1-5,20-21,23,29-30H2,(H,59,68)(H,64,71)(H,69,70)(H,72,73)(H,74,75)(H2,60,62,79)/t47-/m0/s1. The molecule has 0 radical (unpaired) electrons. The van der Waals surface area contributed by atoms with Crippen LogP contribution in [-0.4, -0.2) is 102 Å². The average Bonchev–Trinajstić information content (AvgIpc) is 4.23. The number of carbonyl (C=O) groups excluding carboxylic acids is 2. The van der Waals surface area contributed by atoms with Crippen molar-refractivity contribution in [2.45, 2.75) is 50.6 Å². The first kappa shape index (κ1) is 52.7. The molecule has 21 heteroatoms. The van der Waals surface area contributed by atoms with Crippen molar-refractivity contribution in [3.63, 3.8) is 0 Å². The van der Waals surface area contributed by atoms with E-state index in [9.17, 15) is 44.1 Å². The van der Waals surface area contributed by atoms with Gasteiger partial charge in [0.15, 0.2) is 23.8 Å². The molecule has 7 aromatic rings. The number of amides is 2. The topological polar surface area (TPSA) is 297 Å². The van der Waals surface area contributed by atoms with E-state index in [1.54, 1.807) is 72.9 Å². The van der Waals surface area contributed by atoms with Crippen molar-refractivity contribution in [2.75, 3.05) is 31.6 Å². The molecule has 10 rings (SSSR count). The maximum Gasteiger partial charge on any atom is 0.341 e. The number of aromatic nitrogens is 3. The molecule has 3 aliphatic rings. The van der Waals surface area contributed by atoms with Crippen LogP contribution in [0, 0.1) is 0 Å². The van der Waals surface area contributed by atoms with Crippen molar-refractivity contribution in [2.24, 2.45) is 0 Å². The van der Waals surface area contributed by atoms with Gasteiger partial charge in [-0.25, -0.2) is 19.4 Å². The van der Waals surface area contributed by atoms with Gasteiger partial charge < -0.3 is 65.1 Å². The van der Waals surface area contributed by atoms with Crippen LogP contribution in [0.1, 0.15) is 64.4 Å². The van der Waals surface area contributed by atoms with E-state index in [1.165, 1.54) is 30.3 Å². The number of carboxylic acids is 3. The fourth-order valence-corrected chi connectivity index (χ4v) is 10.2. The van der Waals surface area contributed by atoms with Gasteiger partial charge in [-0.1, -0.05) is 25.3 Å². The monoisotopic (exact) mass is 1090 g/mol. The first-order valence-electron chi connectivity index (χ1n) is 25.3. The largest absolute Gasteiger partial charge is 0.508 e. The Bertz CT molecular complexity index is 3880. The molecule has 2 amide bonds. The van der Waals surface area contributed by atoms with Crippen molar-refractivity contribution >= 4 is 85.6 Å². The fourth-order valence-electron chi connectivity index (χ4n) is 10.00. The van der Waals surface area contributed by atoms with Gasteiger partial charge in [-0.2, -0.15) is 0 Å². The Morgan fingerprint density at radius 1 is 0.785 bits per heavy atom. The smallest absolute Gasteiger partial charge is 0.341 e. The van der Waals surface area contributed by atoms with Crippen LogP contribution in [0.2, 0.25) is 0 Å². The van der Waals surface area contributed by atoms with E-state index in [0.717, 1.165) is 43.2 Å². The summed E-state index contributed by atoms with van der Waals surface area (Å²) in [5.74, 6) is -2.95. The lowest BCUT2D eigenvalue weighted by molar-refractivity contribution is -0.140. The van der Waals surface area contributed by atoms with Crippen LogP contribution in [0.3, 0.4) is 0 Å². The number of aromatic carboxylic acids is 1. The number of aromatic amines is 1. The second kappa shape index (κ2) is 22.8. The van der Waals surface area contributed by atoms with E-state index in [2.05, 4.69) is 30.8 Å². The predicted octanol–water partition coefficient (Wildman–Crippen LogP) is 8.34. The van der Waals surface area contributed by atoms with Gasteiger partial charge in [-0.05, 0) is 133 Å². The zero-order valence-electron chi connectivity index (χ0n) is 42.0. The summed E-state index contributed by atoms with van der Waals surface area (Å²) in [5.41, 5.74) is 5.35. The summed E-state index contributed by atoms with van der Waals surface area (Å²) in [5, 5.41) is 52.5. The minimum absolute atomic E-state index is 0.0544. The number of anilines is 1. The Hall–Kier alpha value is -9.76. The number of imidazole rings is 1. The highest BCUT2D eigenvalue weighted by molar-refractivity contribution is 7.80. The zero-order chi connectivity index (χ0) is 55.3. The van der Waals surface area contributed by atoms with E-state index in [1.807, 2.05) is 18.2 Å².